The Kier molecular flexibility index (Phi) is 8.56. The third-order valence-corrected chi connectivity index (χ3v) is 5.14. The van der Waals surface area contributed by atoms with Crippen LogP contribution in [0.4, 0.5) is 0 Å². The molecule has 2 rings (SSSR count). The molecule has 0 aliphatic heterocycles. The summed E-state index contributed by atoms with van der Waals surface area (Å²) in [5.41, 5.74) is 1.16. The maximum atomic E-state index is 12.3. The van der Waals surface area contributed by atoms with Gasteiger partial charge in [-0.05, 0) is 36.7 Å². The van der Waals surface area contributed by atoms with Gasteiger partial charge in [0.05, 0.1) is 20.3 Å². The number of rotatable bonds is 10. The summed E-state index contributed by atoms with van der Waals surface area (Å²) in [7, 11) is 1.41. The SMILES string of the molecule is COC(=O)CCC/C=C\CC1C(=O)CC(C)C1COCc1ccccc1. The Morgan fingerprint density at radius 1 is 1.23 bits per heavy atom. The summed E-state index contributed by atoms with van der Waals surface area (Å²) in [6, 6.07) is 10.1. The number of Topliss-reactive ketones (excluding diaryl/α,β-unsaturated/α-hetero) is 1. The molecule has 26 heavy (non-hydrogen) atoms. The zero-order chi connectivity index (χ0) is 18.8. The van der Waals surface area contributed by atoms with E-state index in [1.807, 2.05) is 18.2 Å². The van der Waals surface area contributed by atoms with Crippen molar-refractivity contribution in [3.63, 3.8) is 0 Å². The number of benzene rings is 1. The molecule has 0 bridgehead atoms. The summed E-state index contributed by atoms with van der Waals surface area (Å²) in [5.74, 6) is 0.887. The van der Waals surface area contributed by atoms with Crippen LogP contribution < -0.4 is 0 Å². The van der Waals surface area contributed by atoms with Crippen molar-refractivity contribution in [1.82, 2.24) is 0 Å². The molecule has 1 aromatic rings. The first-order valence-corrected chi connectivity index (χ1v) is 9.48. The number of ether oxygens (including phenoxy) is 2. The van der Waals surface area contributed by atoms with Gasteiger partial charge in [0.15, 0.2) is 0 Å². The fraction of sp³-hybridized carbons (Fsp3) is 0.545. The zero-order valence-corrected chi connectivity index (χ0v) is 15.9. The quantitative estimate of drug-likeness (QED) is 0.355. The van der Waals surface area contributed by atoms with Crippen molar-refractivity contribution in [3.05, 3.63) is 48.0 Å². The number of methoxy groups -OCH3 is 1. The molecule has 0 heterocycles. The van der Waals surface area contributed by atoms with Gasteiger partial charge in [-0.15, -0.1) is 0 Å². The van der Waals surface area contributed by atoms with E-state index in [0.29, 0.717) is 37.8 Å². The summed E-state index contributed by atoms with van der Waals surface area (Å²) in [5, 5.41) is 0. The van der Waals surface area contributed by atoms with Crippen LogP contribution in [0.15, 0.2) is 42.5 Å². The number of ketones is 1. The summed E-state index contributed by atoms with van der Waals surface area (Å²) in [6.45, 7) is 3.37. The minimum absolute atomic E-state index is 0.0534. The Morgan fingerprint density at radius 3 is 2.73 bits per heavy atom. The van der Waals surface area contributed by atoms with Crippen LogP contribution in [0.3, 0.4) is 0 Å². The minimum Gasteiger partial charge on any atom is -0.469 e. The van der Waals surface area contributed by atoms with E-state index >= 15 is 0 Å². The lowest BCUT2D eigenvalue weighted by atomic mass is 9.88. The smallest absolute Gasteiger partial charge is 0.305 e. The molecule has 3 unspecified atom stereocenters. The lowest BCUT2D eigenvalue weighted by molar-refractivity contribution is -0.140. The molecule has 1 aromatic carbocycles. The van der Waals surface area contributed by atoms with Crippen LogP contribution in [-0.4, -0.2) is 25.5 Å². The first-order chi connectivity index (χ1) is 12.6. The number of hydrogen-bond donors (Lipinski definition) is 0. The van der Waals surface area contributed by atoms with Crippen molar-refractivity contribution >= 4 is 11.8 Å². The standard InChI is InChI=1S/C22H30O4/c1-17-14-21(23)19(12-8-3-4-9-13-22(24)25-2)20(17)16-26-15-18-10-6-5-7-11-18/h3,5-8,10-11,17,19-20H,4,9,12-16H2,1-2H3/b8-3-. The molecule has 1 saturated carbocycles. The van der Waals surface area contributed by atoms with E-state index in [1.54, 1.807) is 0 Å². The van der Waals surface area contributed by atoms with Crippen LogP contribution in [0.5, 0.6) is 0 Å². The van der Waals surface area contributed by atoms with Crippen LogP contribution in [-0.2, 0) is 25.7 Å². The van der Waals surface area contributed by atoms with Crippen LogP contribution in [0.2, 0.25) is 0 Å². The van der Waals surface area contributed by atoms with E-state index in [4.69, 9.17) is 4.74 Å². The van der Waals surface area contributed by atoms with Crippen molar-refractivity contribution in [2.45, 2.75) is 45.6 Å². The molecule has 1 aliphatic carbocycles. The summed E-state index contributed by atoms with van der Waals surface area (Å²) in [6.07, 6.45) is 7.63. The third kappa shape index (κ3) is 6.41. The average molecular weight is 358 g/mol. The molecule has 0 spiro atoms. The van der Waals surface area contributed by atoms with E-state index < -0.39 is 0 Å². The minimum atomic E-state index is -0.172. The van der Waals surface area contributed by atoms with Gasteiger partial charge in [-0.1, -0.05) is 49.4 Å². The second-order valence-electron chi connectivity index (χ2n) is 7.09. The van der Waals surface area contributed by atoms with Gasteiger partial charge in [0.25, 0.3) is 0 Å². The normalized spacial score (nSPS) is 22.8. The predicted molar refractivity (Wildman–Crippen MR) is 101 cm³/mol. The lowest BCUT2D eigenvalue weighted by Crippen LogP contribution is -2.21. The van der Waals surface area contributed by atoms with Crippen molar-refractivity contribution in [3.8, 4) is 0 Å². The number of unbranched alkanes of at least 4 members (excludes halogenated alkanes) is 1. The average Bonchev–Trinajstić information content (AvgIpc) is 2.92. The van der Waals surface area contributed by atoms with Gasteiger partial charge < -0.3 is 9.47 Å². The Bertz CT molecular complexity index is 593. The van der Waals surface area contributed by atoms with Gasteiger partial charge in [-0.3, -0.25) is 9.59 Å². The zero-order valence-electron chi connectivity index (χ0n) is 15.9. The van der Waals surface area contributed by atoms with Crippen molar-refractivity contribution in [1.29, 1.82) is 0 Å². The maximum Gasteiger partial charge on any atom is 0.305 e. The van der Waals surface area contributed by atoms with E-state index in [0.717, 1.165) is 24.8 Å². The molecule has 0 N–H and O–H groups in total. The van der Waals surface area contributed by atoms with Crippen molar-refractivity contribution < 1.29 is 19.1 Å². The Labute approximate surface area is 156 Å². The Morgan fingerprint density at radius 2 is 2.00 bits per heavy atom. The molecule has 0 saturated heterocycles. The Hall–Kier alpha value is -1.94. The molecule has 0 amide bonds. The molecule has 3 atom stereocenters. The number of esters is 1. The first-order valence-electron chi connectivity index (χ1n) is 9.48. The molecule has 1 fully saturated rings. The van der Waals surface area contributed by atoms with Crippen LogP contribution in [0.1, 0.15) is 44.6 Å². The molecule has 0 aromatic heterocycles. The van der Waals surface area contributed by atoms with E-state index in [1.165, 1.54) is 7.11 Å². The number of carbonyl (C=O) groups is 2. The van der Waals surface area contributed by atoms with Crippen molar-refractivity contribution in [2.75, 3.05) is 13.7 Å². The highest BCUT2D eigenvalue weighted by Gasteiger charge is 2.39. The fourth-order valence-corrected chi connectivity index (χ4v) is 3.56. The van der Waals surface area contributed by atoms with Gasteiger partial charge in [-0.2, -0.15) is 0 Å². The van der Waals surface area contributed by atoms with Gasteiger partial charge in [-0.25, -0.2) is 0 Å². The Balaban J connectivity index is 1.75. The monoisotopic (exact) mass is 358 g/mol. The summed E-state index contributed by atoms with van der Waals surface area (Å²) < 4.78 is 10.5. The fourth-order valence-electron chi connectivity index (χ4n) is 3.56. The highest BCUT2D eigenvalue weighted by Crippen LogP contribution is 2.36. The van der Waals surface area contributed by atoms with Crippen molar-refractivity contribution in [2.24, 2.45) is 17.8 Å². The van der Waals surface area contributed by atoms with Gasteiger partial charge in [0.2, 0.25) is 0 Å². The molecule has 4 heteroatoms. The van der Waals surface area contributed by atoms with Gasteiger partial charge in [0.1, 0.15) is 5.78 Å². The summed E-state index contributed by atoms with van der Waals surface area (Å²) in [4.78, 5) is 23.4. The highest BCUT2D eigenvalue weighted by molar-refractivity contribution is 5.84. The number of hydrogen-bond acceptors (Lipinski definition) is 4. The summed E-state index contributed by atoms with van der Waals surface area (Å²) >= 11 is 0. The second-order valence-corrected chi connectivity index (χ2v) is 7.09. The number of carbonyl (C=O) groups excluding carboxylic acids is 2. The van der Waals surface area contributed by atoms with Crippen LogP contribution >= 0.6 is 0 Å². The number of allylic oxidation sites excluding steroid dienone is 2. The first kappa shape index (κ1) is 20.4. The predicted octanol–water partition coefficient (Wildman–Crippen LogP) is 4.33. The third-order valence-electron chi connectivity index (χ3n) is 5.14. The molecule has 0 radical (unpaired) electrons. The molecule has 4 nitrogen and oxygen atoms in total. The van der Waals surface area contributed by atoms with Gasteiger partial charge >= 0.3 is 5.97 Å². The van der Waals surface area contributed by atoms with E-state index in [9.17, 15) is 9.59 Å². The van der Waals surface area contributed by atoms with Crippen LogP contribution in [0.25, 0.3) is 0 Å². The highest BCUT2D eigenvalue weighted by atomic mass is 16.5. The maximum absolute atomic E-state index is 12.3. The van der Waals surface area contributed by atoms with Gasteiger partial charge in [0, 0.05) is 18.8 Å². The molecule has 142 valence electrons. The molecular weight excluding hydrogens is 328 g/mol. The lowest BCUT2D eigenvalue weighted by Gasteiger charge is -2.20. The van der Waals surface area contributed by atoms with Crippen LogP contribution in [0, 0.1) is 17.8 Å². The molecular formula is C22H30O4. The largest absolute Gasteiger partial charge is 0.469 e. The van der Waals surface area contributed by atoms with E-state index in [-0.39, 0.29) is 17.8 Å². The van der Waals surface area contributed by atoms with E-state index in [2.05, 4.69) is 35.9 Å². The molecule has 1 aliphatic rings. The second kappa shape index (κ2) is 10.9. The topological polar surface area (TPSA) is 52.6 Å².